The van der Waals surface area contributed by atoms with Crippen LogP contribution in [0.25, 0.3) is 0 Å². The van der Waals surface area contributed by atoms with Gasteiger partial charge in [0.15, 0.2) is 5.96 Å². The highest BCUT2D eigenvalue weighted by molar-refractivity contribution is 5.79. The standard InChI is InChI=1S/C21H29FN4O/c1-5-23-21(24-14-17-8-6-7-9-19(17)22)25-15-20(26(2)3)16-10-12-18(27-4)13-11-16/h6-13,20H,5,14-15H2,1-4H3,(H2,23,24,25). The van der Waals surface area contributed by atoms with Crippen LogP contribution in [0.3, 0.4) is 0 Å². The predicted octanol–water partition coefficient (Wildman–Crippen LogP) is 3.19. The molecule has 1 atom stereocenters. The monoisotopic (exact) mass is 372 g/mol. The van der Waals surface area contributed by atoms with Crippen molar-refractivity contribution in [2.45, 2.75) is 19.5 Å². The van der Waals surface area contributed by atoms with Crippen molar-refractivity contribution in [3.63, 3.8) is 0 Å². The topological polar surface area (TPSA) is 48.9 Å². The molecule has 0 fully saturated rings. The molecular weight excluding hydrogens is 343 g/mol. The third-order valence-corrected chi connectivity index (χ3v) is 4.30. The zero-order chi connectivity index (χ0) is 19.6. The number of aliphatic imine (C=N–C) groups is 1. The van der Waals surface area contributed by atoms with Gasteiger partial charge >= 0.3 is 0 Å². The molecule has 0 amide bonds. The Balaban J connectivity index is 2.06. The highest BCUT2D eigenvalue weighted by atomic mass is 19.1. The van der Waals surface area contributed by atoms with Gasteiger partial charge in [0.25, 0.3) is 0 Å². The normalized spacial score (nSPS) is 12.7. The number of benzene rings is 2. The lowest BCUT2D eigenvalue weighted by atomic mass is 10.1. The highest BCUT2D eigenvalue weighted by Crippen LogP contribution is 2.20. The number of likely N-dealkylation sites (N-methyl/N-ethyl adjacent to an activating group) is 1. The fourth-order valence-electron chi connectivity index (χ4n) is 2.75. The third-order valence-electron chi connectivity index (χ3n) is 4.30. The molecule has 0 radical (unpaired) electrons. The summed E-state index contributed by atoms with van der Waals surface area (Å²) in [5.74, 6) is 1.27. The van der Waals surface area contributed by atoms with Crippen LogP contribution < -0.4 is 15.4 Å². The van der Waals surface area contributed by atoms with Gasteiger partial charge in [-0.1, -0.05) is 30.3 Å². The summed E-state index contributed by atoms with van der Waals surface area (Å²) in [6, 6.07) is 14.9. The summed E-state index contributed by atoms with van der Waals surface area (Å²) in [7, 11) is 5.74. The Morgan fingerprint density at radius 3 is 2.41 bits per heavy atom. The average molecular weight is 372 g/mol. The Labute approximate surface area is 161 Å². The molecule has 2 N–H and O–H groups in total. The van der Waals surface area contributed by atoms with Crippen LogP contribution in [0.15, 0.2) is 53.5 Å². The first-order valence-electron chi connectivity index (χ1n) is 9.11. The van der Waals surface area contributed by atoms with Crippen molar-refractivity contribution >= 4 is 5.96 Å². The zero-order valence-corrected chi connectivity index (χ0v) is 16.5. The van der Waals surface area contributed by atoms with Gasteiger partial charge in [-0.2, -0.15) is 0 Å². The molecule has 27 heavy (non-hydrogen) atoms. The van der Waals surface area contributed by atoms with Gasteiger partial charge in [0.1, 0.15) is 11.6 Å². The molecule has 0 saturated carbocycles. The van der Waals surface area contributed by atoms with E-state index in [1.54, 1.807) is 19.2 Å². The van der Waals surface area contributed by atoms with E-state index in [2.05, 4.69) is 32.7 Å². The Morgan fingerprint density at radius 1 is 1.11 bits per heavy atom. The number of hydrogen-bond acceptors (Lipinski definition) is 3. The Bertz CT molecular complexity index is 731. The van der Waals surface area contributed by atoms with E-state index in [9.17, 15) is 4.39 Å². The van der Waals surface area contributed by atoms with Crippen LogP contribution >= 0.6 is 0 Å². The lowest BCUT2D eigenvalue weighted by molar-refractivity contribution is 0.298. The van der Waals surface area contributed by atoms with Crippen molar-refractivity contribution < 1.29 is 9.13 Å². The second kappa shape index (κ2) is 10.5. The van der Waals surface area contributed by atoms with Gasteiger partial charge in [-0.25, -0.2) is 9.38 Å². The summed E-state index contributed by atoms with van der Waals surface area (Å²) in [6.07, 6.45) is 0. The van der Waals surface area contributed by atoms with Crippen molar-refractivity contribution in [3.8, 4) is 5.75 Å². The molecule has 1 unspecified atom stereocenters. The largest absolute Gasteiger partial charge is 0.497 e. The molecule has 6 heteroatoms. The highest BCUT2D eigenvalue weighted by Gasteiger charge is 2.15. The number of guanidine groups is 1. The fraction of sp³-hybridized carbons (Fsp3) is 0.381. The van der Waals surface area contributed by atoms with Crippen molar-refractivity contribution in [1.82, 2.24) is 15.5 Å². The summed E-state index contributed by atoms with van der Waals surface area (Å²) in [5.41, 5.74) is 1.76. The maximum atomic E-state index is 13.8. The molecule has 146 valence electrons. The van der Waals surface area contributed by atoms with Gasteiger partial charge in [0.05, 0.1) is 19.7 Å². The van der Waals surface area contributed by atoms with E-state index in [4.69, 9.17) is 4.74 Å². The first-order valence-corrected chi connectivity index (χ1v) is 9.11. The maximum Gasteiger partial charge on any atom is 0.191 e. The van der Waals surface area contributed by atoms with Gasteiger partial charge in [0.2, 0.25) is 0 Å². The van der Waals surface area contributed by atoms with Crippen LogP contribution in [-0.4, -0.2) is 45.2 Å². The lowest BCUT2D eigenvalue weighted by Crippen LogP contribution is -2.41. The molecule has 0 aliphatic heterocycles. The van der Waals surface area contributed by atoms with Gasteiger partial charge in [-0.3, -0.25) is 0 Å². The number of nitrogens with zero attached hydrogens (tertiary/aromatic N) is 2. The van der Waals surface area contributed by atoms with Gasteiger partial charge in [-0.05, 0) is 44.8 Å². The van der Waals surface area contributed by atoms with E-state index in [-0.39, 0.29) is 18.4 Å². The Morgan fingerprint density at radius 2 is 1.81 bits per heavy atom. The van der Waals surface area contributed by atoms with E-state index in [0.29, 0.717) is 18.1 Å². The smallest absolute Gasteiger partial charge is 0.191 e. The molecule has 5 nitrogen and oxygen atoms in total. The van der Waals surface area contributed by atoms with Gasteiger partial charge in [-0.15, -0.1) is 0 Å². The SMILES string of the molecule is CCNC(=NCc1ccccc1F)NCC(c1ccc(OC)cc1)N(C)C. The first kappa shape index (κ1) is 20.7. The molecule has 0 aromatic heterocycles. The van der Waals surface area contributed by atoms with Crippen LogP contribution in [0.2, 0.25) is 0 Å². The molecule has 0 aliphatic carbocycles. The Kier molecular flexibility index (Phi) is 8.07. The summed E-state index contributed by atoms with van der Waals surface area (Å²) in [6.45, 7) is 3.70. The zero-order valence-electron chi connectivity index (χ0n) is 16.5. The summed E-state index contributed by atoms with van der Waals surface area (Å²) >= 11 is 0. The lowest BCUT2D eigenvalue weighted by Gasteiger charge is -2.26. The second-order valence-corrected chi connectivity index (χ2v) is 6.42. The summed E-state index contributed by atoms with van der Waals surface area (Å²) in [4.78, 5) is 6.66. The van der Waals surface area contributed by atoms with Crippen LogP contribution in [0, 0.1) is 5.82 Å². The van der Waals surface area contributed by atoms with Crippen LogP contribution in [0.1, 0.15) is 24.1 Å². The molecule has 0 heterocycles. The molecule has 0 aliphatic rings. The van der Waals surface area contributed by atoms with Crippen molar-refractivity contribution in [2.24, 2.45) is 4.99 Å². The number of rotatable bonds is 8. The third kappa shape index (κ3) is 6.25. The predicted molar refractivity (Wildman–Crippen MR) is 109 cm³/mol. The van der Waals surface area contributed by atoms with Crippen molar-refractivity contribution in [3.05, 3.63) is 65.5 Å². The van der Waals surface area contributed by atoms with E-state index >= 15 is 0 Å². The first-order chi connectivity index (χ1) is 13.0. The Hall–Kier alpha value is -2.60. The summed E-state index contributed by atoms with van der Waals surface area (Å²) < 4.78 is 19.0. The van der Waals surface area contributed by atoms with Crippen LogP contribution in [-0.2, 0) is 6.54 Å². The van der Waals surface area contributed by atoms with Crippen molar-refractivity contribution in [1.29, 1.82) is 0 Å². The van der Waals surface area contributed by atoms with E-state index in [0.717, 1.165) is 12.3 Å². The minimum absolute atomic E-state index is 0.160. The van der Waals surface area contributed by atoms with Crippen LogP contribution in [0.4, 0.5) is 4.39 Å². The minimum atomic E-state index is -0.235. The van der Waals surface area contributed by atoms with Gasteiger partial charge < -0.3 is 20.3 Å². The van der Waals surface area contributed by atoms with E-state index in [1.165, 1.54) is 11.6 Å². The number of halogens is 1. The minimum Gasteiger partial charge on any atom is -0.497 e. The molecular formula is C21H29FN4O. The quantitative estimate of drug-likeness (QED) is 0.552. The molecule has 0 saturated heterocycles. The molecule has 2 aromatic rings. The molecule has 0 spiro atoms. The number of hydrogen-bond donors (Lipinski definition) is 2. The maximum absolute atomic E-state index is 13.8. The van der Waals surface area contributed by atoms with Crippen LogP contribution in [0.5, 0.6) is 5.75 Å². The van der Waals surface area contributed by atoms with E-state index in [1.807, 2.05) is 39.2 Å². The number of ether oxygens (including phenoxy) is 1. The van der Waals surface area contributed by atoms with E-state index < -0.39 is 0 Å². The molecule has 2 aromatic carbocycles. The van der Waals surface area contributed by atoms with Crippen molar-refractivity contribution in [2.75, 3.05) is 34.3 Å². The fourth-order valence-corrected chi connectivity index (χ4v) is 2.75. The molecule has 0 bridgehead atoms. The van der Waals surface area contributed by atoms with Gasteiger partial charge in [0, 0.05) is 18.7 Å². The average Bonchev–Trinajstić information content (AvgIpc) is 2.67. The summed E-state index contributed by atoms with van der Waals surface area (Å²) in [5, 5.41) is 6.58. The number of nitrogens with one attached hydrogen (secondary N) is 2. The molecule has 2 rings (SSSR count). The second-order valence-electron chi connectivity index (χ2n) is 6.42. The number of methoxy groups -OCH3 is 1.